The fourth-order valence-electron chi connectivity index (χ4n) is 3.26. The highest BCUT2D eigenvalue weighted by atomic mass is 32.1. The molecule has 1 aliphatic heterocycles. The second-order valence-electron chi connectivity index (χ2n) is 6.34. The van der Waals surface area contributed by atoms with Crippen LogP contribution in [0.4, 0.5) is 10.8 Å². The van der Waals surface area contributed by atoms with Crippen molar-refractivity contribution in [2.75, 3.05) is 23.8 Å². The van der Waals surface area contributed by atoms with Gasteiger partial charge in [0, 0.05) is 17.0 Å². The minimum atomic E-state index is 0.609. The van der Waals surface area contributed by atoms with Crippen molar-refractivity contribution in [2.24, 2.45) is 0 Å². The molecule has 0 atom stereocenters. The molecule has 0 bridgehead atoms. The van der Waals surface area contributed by atoms with Gasteiger partial charge in [-0.2, -0.15) is 0 Å². The van der Waals surface area contributed by atoms with Crippen molar-refractivity contribution in [3.8, 4) is 17.0 Å². The number of aromatic nitrogens is 1. The van der Waals surface area contributed by atoms with Crippen LogP contribution in [0, 0.1) is 13.8 Å². The molecule has 0 spiro atoms. The Labute approximate surface area is 151 Å². The van der Waals surface area contributed by atoms with Gasteiger partial charge in [0.15, 0.2) is 5.13 Å². The Morgan fingerprint density at radius 1 is 1.20 bits per heavy atom. The number of benzene rings is 2. The van der Waals surface area contributed by atoms with Crippen LogP contribution in [0.3, 0.4) is 0 Å². The number of ether oxygens (including phenoxy) is 1. The van der Waals surface area contributed by atoms with Crippen molar-refractivity contribution in [2.45, 2.75) is 20.4 Å². The van der Waals surface area contributed by atoms with Gasteiger partial charge in [0.1, 0.15) is 12.4 Å². The fraction of sp³-hybridized carbons (Fsp3) is 0.250. The minimum Gasteiger partial charge on any atom is -0.490 e. The summed E-state index contributed by atoms with van der Waals surface area (Å²) in [4.78, 5) is 8.01. The number of thiazole rings is 1. The monoisotopic (exact) mass is 351 g/mol. The van der Waals surface area contributed by atoms with E-state index in [4.69, 9.17) is 10.5 Å². The van der Waals surface area contributed by atoms with Crippen LogP contribution in [0.1, 0.15) is 16.0 Å². The van der Waals surface area contributed by atoms with Crippen molar-refractivity contribution in [1.29, 1.82) is 0 Å². The van der Waals surface area contributed by atoms with E-state index < -0.39 is 0 Å². The maximum Gasteiger partial charge on any atom is 0.180 e. The lowest BCUT2D eigenvalue weighted by Gasteiger charge is -2.32. The Hall–Kier alpha value is -2.53. The number of aryl methyl sites for hydroxylation is 2. The van der Waals surface area contributed by atoms with E-state index in [0.29, 0.717) is 11.7 Å². The first-order valence-electron chi connectivity index (χ1n) is 8.41. The van der Waals surface area contributed by atoms with E-state index in [9.17, 15) is 0 Å². The number of nitrogens with two attached hydrogens (primary N) is 1. The van der Waals surface area contributed by atoms with Gasteiger partial charge < -0.3 is 15.4 Å². The molecule has 4 nitrogen and oxygen atoms in total. The number of rotatable bonds is 3. The molecule has 0 saturated heterocycles. The van der Waals surface area contributed by atoms with Crippen molar-refractivity contribution in [3.05, 3.63) is 58.5 Å². The molecule has 128 valence electrons. The summed E-state index contributed by atoms with van der Waals surface area (Å²) < 4.78 is 5.86. The Morgan fingerprint density at radius 2 is 2.04 bits per heavy atom. The molecule has 0 amide bonds. The maximum absolute atomic E-state index is 5.87. The van der Waals surface area contributed by atoms with Crippen molar-refractivity contribution in [1.82, 2.24) is 4.98 Å². The molecule has 4 rings (SSSR count). The third-order valence-electron chi connectivity index (χ3n) is 4.63. The summed E-state index contributed by atoms with van der Waals surface area (Å²) in [7, 11) is 0. The number of anilines is 2. The molecule has 1 aromatic heterocycles. The summed E-state index contributed by atoms with van der Waals surface area (Å²) in [5.41, 5.74) is 11.7. The fourth-order valence-corrected chi connectivity index (χ4v) is 3.97. The van der Waals surface area contributed by atoms with Gasteiger partial charge in [-0.3, -0.25) is 0 Å². The average molecular weight is 351 g/mol. The van der Waals surface area contributed by atoms with E-state index in [1.807, 2.05) is 6.07 Å². The van der Waals surface area contributed by atoms with Crippen LogP contribution < -0.4 is 15.4 Å². The molecular weight excluding hydrogens is 330 g/mol. The van der Waals surface area contributed by atoms with Crippen molar-refractivity contribution >= 4 is 22.2 Å². The van der Waals surface area contributed by atoms with Gasteiger partial charge in [-0.25, -0.2) is 4.98 Å². The number of fused-ring (bicyclic) bond motifs is 1. The van der Waals surface area contributed by atoms with Crippen LogP contribution in [-0.2, 0) is 6.54 Å². The van der Waals surface area contributed by atoms with Crippen molar-refractivity contribution in [3.63, 3.8) is 0 Å². The zero-order valence-electron chi connectivity index (χ0n) is 14.5. The van der Waals surface area contributed by atoms with Gasteiger partial charge >= 0.3 is 0 Å². The van der Waals surface area contributed by atoms with E-state index in [1.54, 1.807) is 0 Å². The highest BCUT2D eigenvalue weighted by Crippen LogP contribution is 2.38. The summed E-state index contributed by atoms with van der Waals surface area (Å²) >= 11 is 1.53. The third kappa shape index (κ3) is 3.07. The zero-order chi connectivity index (χ0) is 17.4. The lowest BCUT2D eigenvalue weighted by molar-refractivity contribution is 0.307. The normalized spacial score (nSPS) is 13.4. The summed E-state index contributed by atoms with van der Waals surface area (Å²) in [6.07, 6.45) is 0. The maximum atomic E-state index is 5.87. The minimum absolute atomic E-state index is 0.609. The van der Waals surface area contributed by atoms with E-state index in [2.05, 4.69) is 60.1 Å². The topological polar surface area (TPSA) is 51.4 Å². The lowest BCUT2D eigenvalue weighted by Crippen LogP contribution is -2.32. The molecule has 0 aliphatic carbocycles. The Kier molecular flexibility index (Phi) is 4.09. The lowest BCUT2D eigenvalue weighted by atomic mass is 10.1. The highest BCUT2D eigenvalue weighted by molar-refractivity contribution is 7.15. The van der Waals surface area contributed by atoms with Crippen LogP contribution in [0.25, 0.3) is 11.3 Å². The largest absolute Gasteiger partial charge is 0.490 e. The quantitative estimate of drug-likeness (QED) is 0.759. The van der Waals surface area contributed by atoms with E-state index in [-0.39, 0.29) is 0 Å². The van der Waals surface area contributed by atoms with E-state index >= 15 is 0 Å². The smallest absolute Gasteiger partial charge is 0.180 e. The van der Waals surface area contributed by atoms with E-state index in [0.717, 1.165) is 40.7 Å². The summed E-state index contributed by atoms with van der Waals surface area (Å²) in [6, 6.07) is 14.8. The molecule has 2 heterocycles. The zero-order valence-corrected chi connectivity index (χ0v) is 15.3. The molecule has 1 aliphatic rings. The van der Waals surface area contributed by atoms with Crippen LogP contribution >= 0.6 is 11.3 Å². The second-order valence-corrected chi connectivity index (χ2v) is 7.57. The Morgan fingerprint density at radius 3 is 2.80 bits per heavy atom. The average Bonchev–Trinajstić information content (AvgIpc) is 2.95. The predicted octanol–water partition coefficient (Wildman–Crippen LogP) is 4.41. The molecule has 3 aromatic rings. The van der Waals surface area contributed by atoms with Crippen LogP contribution in [-0.4, -0.2) is 18.1 Å². The number of nitrogens with zero attached hydrogens (tertiary/aromatic N) is 2. The SMILES string of the molecule is Cc1ccccc1CN1CCOc2ccc(-c3nc(N)sc3C)cc21. The number of hydrogen-bond acceptors (Lipinski definition) is 5. The summed E-state index contributed by atoms with van der Waals surface area (Å²) in [5, 5.41) is 0.609. The van der Waals surface area contributed by atoms with Gasteiger partial charge in [-0.15, -0.1) is 11.3 Å². The molecule has 5 heteroatoms. The molecule has 0 fully saturated rings. The number of hydrogen-bond donors (Lipinski definition) is 1. The highest BCUT2D eigenvalue weighted by Gasteiger charge is 2.20. The predicted molar refractivity (Wildman–Crippen MR) is 104 cm³/mol. The van der Waals surface area contributed by atoms with Gasteiger partial charge in [-0.1, -0.05) is 24.3 Å². The first-order chi connectivity index (χ1) is 12.1. The van der Waals surface area contributed by atoms with Gasteiger partial charge in [0.2, 0.25) is 0 Å². The number of nitrogen functional groups attached to an aromatic ring is 1. The first kappa shape index (κ1) is 16.0. The molecule has 25 heavy (non-hydrogen) atoms. The first-order valence-corrected chi connectivity index (χ1v) is 9.23. The van der Waals surface area contributed by atoms with Gasteiger partial charge in [0.05, 0.1) is 17.9 Å². The molecule has 2 aromatic carbocycles. The van der Waals surface area contributed by atoms with Crippen LogP contribution in [0.15, 0.2) is 42.5 Å². The molecule has 0 radical (unpaired) electrons. The molecule has 0 unspecified atom stereocenters. The third-order valence-corrected chi connectivity index (χ3v) is 5.43. The Bertz CT molecular complexity index is 919. The van der Waals surface area contributed by atoms with Gasteiger partial charge in [-0.05, 0) is 43.2 Å². The second kappa shape index (κ2) is 6.41. The molecular formula is C20H21N3OS. The van der Waals surface area contributed by atoms with Crippen LogP contribution in [0.2, 0.25) is 0 Å². The molecule has 0 saturated carbocycles. The summed E-state index contributed by atoms with van der Waals surface area (Å²) in [5.74, 6) is 0.935. The van der Waals surface area contributed by atoms with Crippen LogP contribution in [0.5, 0.6) is 5.75 Å². The van der Waals surface area contributed by atoms with E-state index in [1.165, 1.54) is 22.5 Å². The summed E-state index contributed by atoms with van der Waals surface area (Å²) in [6.45, 7) is 6.69. The van der Waals surface area contributed by atoms with Crippen molar-refractivity contribution < 1.29 is 4.74 Å². The van der Waals surface area contributed by atoms with Gasteiger partial charge in [0.25, 0.3) is 0 Å². The molecule has 2 N–H and O–H groups in total. The Balaban J connectivity index is 1.71. The standard InChI is InChI=1S/C20H21N3OS/c1-13-5-3-4-6-16(13)12-23-9-10-24-18-8-7-15(11-17(18)23)19-14(2)25-20(21)22-19/h3-8,11H,9-10,12H2,1-2H3,(H2,21,22).